The molecular formula is C28H30N2O3S. The number of anilines is 2. The lowest BCUT2D eigenvalue weighted by Gasteiger charge is -2.26. The van der Waals surface area contributed by atoms with Crippen molar-refractivity contribution in [3.63, 3.8) is 0 Å². The van der Waals surface area contributed by atoms with Crippen molar-refractivity contribution in [3.05, 3.63) is 95.6 Å². The molecular weight excluding hydrogens is 444 g/mol. The zero-order chi connectivity index (χ0) is 24.1. The molecule has 1 heterocycles. The van der Waals surface area contributed by atoms with E-state index in [4.69, 9.17) is 4.74 Å². The van der Waals surface area contributed by atoms with Crippen molar-refractivity contribution in [2.75, 3.05) is 22.6 Å². The Labute approximate surface area is 205 Å². The van der Waals surface area contributed by atoms with Gasteiger partial charge >= 0.3 is 0 Å². The van der Waals surface area contributed by atoms with Gasteiger partial charge in [0.2, 0.25) is 11.8 Å². The summed E-state index contributed by atoms with van der Waals surface area (Å²) in [4.78, 5) is 26.8. The molecule has 0 spiro atoms. The van der Waals surface area contributed by atoms with Crippen LogP contribution in [0.4, 0.5) is 11.4 Å². The minimum absolute atomic E-state index is 0.0119. The molecule has 0 aliphatic carbocycles. The predicted molar refractivity (Wildman–Crippen MR) is 139 cm³/mol. The Kier molecular flexibility index (Phi) is 7.39. The van der Waals surface area contributed by atoms with Gasteiger partial charge in [0.05, 0.1) is 12.4 Å². The third kappa shape index (κ3) is 5.88. The van der Waals surface area contributed by atoms with Crippen LogP contribution in [0.3, 0.4) is 0 Å². The van der Waals surface area contributed by atoms with Crippen LogP contribution in [0.5, 0.6) is 0 Å². The van der Waals surface area contributed by atoms with E-state index in [0.717, 1.165) is 16.8 Å². The topological polar surface area (TPSA) is 58.6 Å². The molecule has 0 radical (unpaired) electrons. The molecule has 1 atom stereocenters. The number of amides is 2. The standard InChI is InChI=1S/C28H30N2O3S/c1-28(2,3)22-11-15-24(16-12-22)30-26(32)19-34-27(30)21-9-13-23(14-10-21)29-25(31)18-33-17-20-7-5-4-6-8-20/h4-16,27H,17-19H2,1-3H3,(H,29,31). The molecule has 4 rings (SSSR count). The Morgan fingerprint density at radius 3 is 2.32 bits per heavy atom. The van der Waals surface area contributed by atoms with Crippen LogP contribution in [-0.2, 0) is 26.3 Å². The first-order chi connectivity index (χ1) is 16.3. The summed E-state index contributed by atoms with van der Waals surface area (Å²) in [5, 5.41) is 2.78. The zero-order valence-corrected chi connectivity index (χ0v) is 20.6. The molecule has 6 heteroatoms. The van der Waals surface area contributed by atoms with E-state index in [0.29, 0.717) is 18.0 Å². The molecule has 1 saturated heterocycles. The molecule has 34 heavy (non-hydrogen) atoms. The van der Waals surface area contributed by atoms with E-state index >= 15 is 0 Å². The number of thioether (sulfide) groups is 1. The Bertz CT molecular complexity index is 1120. The summed E-state index contributed by atoms with van der Waals surface area (Å²) in [5.74, 6) is 0.351. The largest absolute Gasteiger partial charge is 0.367 e. The van der Waals surface area contributed by atoms with E-state index < -0.39 is 0 Å². The van der Waals surface area contributed by atoms with Crippen molar-refractivity contribution in [1.29, 1.82) is 0 Å². The smallest absolute Gasteiger partial charge is 0.250 e. The molecule has 0 saturated carbocycles. The third-order valence-electron chi connectivity index (χ3n) is 5.70. The molecule has 2 amide bonds. The van der Waals surface area contributed by atoms with Crippen LogP contribution in [0.25, 0.3) is 0 Å². The van der Waals surface area contributed by atoms with Crippen LogP contribution < -0.4 is 10.2 Å². The second-order valence-electron chi connectivity index (χ2n) is 9.37. The van der Waals surface area contributed by atoms with Gasteiger partial charge in [0.15, 0.2) is 0 Å². The van der Waals surface area contributed by atoms with Crippen LogP contribution in [0.2, 0.25) is 0 Å². The molecule has 1 N–H and O–H groups in total. The van der Waals surface area contributed by atoms with E-state index in [1.54, 1.807) is 11.8 Å². The Morgan fingerprint density at radius 1 is 1.00 bits per heavy atom. The molecule has 5 nitrogen and oxygen atoms in total. The number of nitrogens with zero attached hydrogens (tertiary/aromatic N) is 1. The first kappa shape index (κ1) is 24.0. The lowest BCUT2D eigenvalue weighted by Crippen LogP contribution is -2.28. The SMILES string of the molecule is CC(C)(C)c1ccc(N2C(=O)CSC2c2ccc(NC(=O)COCc3ccccc3)cc2)cc1. The van der Waals surface area contributed by atoms with Crippen molar-refractivity contribution in [1.82, 2.24) is 0 Å². The fourth-order valence-electron chi connectivity index (χ4n) is 3.84. The van der Waals surface area contributed by atoms with Gasteiger partial charge in [0.1, 0.15) is 12.0 Å². The summed E-state index contributed by atoms with van der Waals surface area (Å²) in [6.07, 6.45) is 0. The minimum atomic E-state index is -0.199. The number of carbonyl (C=O) groups excluding carboxylic acids is 2. The van der Waals surface area contributed by atoms with Gasteiger partial charge in [-0.2, -0.15) is 0 Å². The number of rotatable bonds is 7. The molecule has 0 bridgehead atoms. The zero-order valence-electron chi connectivity index (χ0n) is 19.8. The monoisotopic (exact) mass is 474 g/mol. The second-order valence-corrected chi connectivity index (χ2v) is 10.4. The summed E-state index contributed by atoms with van der Waals surface area (Å²) >= 11 is 1.61. The first-order valence-corrected chi connectivity index (χ1v) is 12.4. The lowest BCUT2D eigenvalue weighted by atomic mass is 9.87. The molecule has 3 aromatic rings. The maximum absolute atomic E-state index is 12.7. The summed E-state index contributed by atoms with van der Waals surface area (Å²) in [7, 11) is 0. The van der Waals surface area contributed by atoms with E-state index in [-0.39, 0.29) is 29.2 Å². The number of nitrogens with one attached hydrogen (secondary N) is 1. The third-order valence-corrected chi connectivity index (χ3v) is 6.92. The van der Waals surface area contributed by atoms with Gasteiger partial charge in [0.25, 0.3) is 0 Å². The van der Waals surface area contributed by atoms with Gasteiger partial charge in [-0.3, -0.25) is 14.5 Å². The van der Waals surface area contributed by atoms with E-state index in [1.807, 2.05) is 71.6 Å². The summed E-state index contributed by atoms with van der Waals surface area (Å²) < 4.78 is 5.50. The second kappa shape index (κ2) is 10.5. The van der Waals surface area contributed by atoms with Gasteiger partial charge < -0.3 is 10.1 Å². The van der Waals surface area contributed by atoms with Crippen molar-refractivity contribution in [3.8, 4) is 0 Å². The van der Waals surface area contributed by atoms with E-state index in [9.17, 15) is 9.59 Å². The maximum atomic E-state index is 12.7. The number of hydrogen-bond acceptors (Lipinski definition) is 4. The quantitative estimate of drug-likeness (QED) is 0.462. The fourth-order valence-corrected chi connectivity index (χ4v) is 5.01. The lowest BCUT2D eigenvalue weighted by molar-refractivity contribution is -0.121. The van der Waals surface area contributed by atoms with Gasteiger partial charge in [-0.1, -0.05) is 75.4 Å². The maximum Gasteiger partial charge on any atom is 0.250 e. The molecule has 176 valence electrons. The summed E-state index contributed by atoms with van der Waals surface area (Å²) in [5.41, 5.74) is 4.96. The number of hydrogen-bond donors (Lipinski definition) is 1. The molecule has 1 unspecified atom stereocenters. The van der Waals surface area contributed by atoms with Gasteiger partial charge in [-0.15, -0.1) is 11.8 Å². The van der Waals surface area contributed by atoms with Crippen molar-refractivity contribution in [2.45, 2.75) is 38.2 Å². The van der Waals surface area contributed by atoms with Crippen molar-refractivity contribution >= 4 is 35.0 Å². The number of ether oxygens (including phenoxy) is 1. The Morgan fingerprint density at radius 2 is 1.68 bits per heavy atom. The number of benzene rings is 3. The normalized spacial score (nSPS) is 16.0. The predicted octanol–water partition coefficient (Wildman–Crippen LogP) is 5.92. The van der Waals surface area contributed by atoms with Gasteiger partial charge in [-0.05, 0) is 46.4 Å². The Balaban J connectivity index is 1.37. The summed E-state index contributed by atoms with van der Waals surface area (Å²) in [6.45, 7) is 6.92. The average molecular weight is 475 g/mol. The molecule has 0 aromatic heterocycles. The highest BCUT2D eigenvalue weighted by atomic mass is 32.2. The van der Waals surface area contributed by atoms with Crippen molar-refractivity contribution < 1.29 is 14.3 Å². The summed E-state index contributed by atoms with van der Waals surface area (Å²) in [6, 6.07) is 25.7. The van der Waals surface area contributed by atoms with Crippen molar-refractivity contribution in [2.24, 2.45) is 0 Å². The fraction of sp³-hybridized carbons (Fsp3) is 0.286. The van der Waals surface area contributed by atoms with Crippen LogP contribution >= 0.6 is 11.8 Å². The van der Waals surface area contributed by atoms with Crippen LogP contribution in [-0.4, -0.2) is 24.2 Å². The van der Waals surface area contributed by atoms with E-state index in [1.165, 1.54) is 5.56 Å². The van der Waals surface area contributed by atoms with E-state index in [2.05, 4.69) is 38.2 Å². The van der Waals surface area contributed by atoms with Gasteiger partial charge in [0, 0.05) is 11.4 Å². The average Bonchev–Trinajstić information content (AvgIpc) is 3.21. The molecule has 1 aliphatic heterocycles. The van der Waals surface area contributed by atoms with Gasteiger partial charge in [-0.25, -0.2) is 0 Å². The van der Waals surface area contributed by atoms with Crippen LogP contribution in [0.1, 0.15) is 42.8 Å². The number of carbonyl (C=O) groups is 2. The highest BCUT2D eigenvalue weighted by Crippen LogP contribution is 2.42. The Hall–Kier alpha value is -3.09. The van der Waals surface area contributed by atoms with Crippen LogP contribution in [0, 0.1) is 0 Å². The first-order valence-electron chi connectivity index (χ1n) is 11.4. The molecule has 1 fully saturated rings. The highest BCUT2D eigenvalue weighted by molar-refractivity contribution is 8.00. The molecule has 3 aromatic carbocycles. The highest BCUT2D eigenvalue weighted by Gasteiger charge is 2.34. The molecule has 1 aliphatic rings. The minimum Gasteiger partial charge on any atom is -0.367 e. The van der Waals surface area contributed by atoms with Crippen LogP contribution in [0.15, 0.2) is 78.9 Å².